The summed E-state index contributed by atoms with van der Waals surface area (Å²) in [6, 6.07) is 0.220. The number of hydrogen-bond acceptors (Lipinski definition) is 2. The van der Waals surface area contributed by atoms with E-state index < -0.39 is 0 Å². The van der Waals surface area contributed by atoms with Gasteiger partial charge in [-0.15, -0.1) is 0 Å². The van der Waals surface area contributed by atoms with Crippen molar-refractivity contribution in [2.24, 2.45) is 17.6 Å². The lowest BCUT2D eigenvalue weighted by atomic mass is 9.92. The van der Waals surface area contributed by atoms with Crippen molar-refractivity contribution in [3.63, 3.8) is 0 Å². The lowest BCUT2D eigenvalue weighted by molar-refractivity contribution is -0.125. The Morgan fingerprint density at radius 1 is 1.12 bits per heavy atom. The zero-order chi connectivity index (χ0) is 12.8. The van der Waals surface area contributed by atoms with Gasteiger partial charge in [0, 0.05) is 18.0 Å². The summed E-state index contributed by atoms with van der Waals surface area (Å²) in [7, 11) is 0. The highest BCUT2D eigenvalue weighted by atomic mass is 16.1. The van der Waals surface area contributed by atoms with E-state index in [2.05, 4.69) is 12.2 Å². The average Bonchev–Trinajstić information content (AvgIpc) is 2.56. The van der Waals surface area contributed by atoms with Gasteiger partial charge in [-0.3, -0.25) is 4.79 Å². The highest BCUT2D eigenvalue weighted by molar-refractivity contribution is 5.79. The Kier molecular flexibility index (Phi) is 5.96. The molecule has 0 bridgehead atoms. The average molecular weight is 240 g/mol. The van der Waals surface area contributed by atoms with Crippen LogP contribution in [-0.4, -0.2) is 18.0 Å². The van der Waals surface area contributed by atoms with Crippen LogP contribution >= 0.6 is 0 Å². The quantitative estimate of drug-likeness (QED) is 0.742. The second-order valence-corrected chi connectivity index (χ2v) is 5.70. The summed E-state index contributed by atoms with van der Waals surface area (Å²) in [5.41, 5.74) is 5.76. The van der Waals surface area contributed by atoms with E-state index in [1.54, 1.807) is 0 Å². The number of amides is 1. The maximum absolute atomic E-state index is 11.9. The van der Waals surface area contributed by atoms with Crippen LogP contribution in [0.5, 0.6) is 0 Å². The molecule has 2 unspecified atom stereocenters. The SMILES string of the molecule is CC(N)C(C)C(=O)N[C@H](C)C1CCCCCC1. The first-order valence-corrected chi connectivity index (χ1v) is 7.08. The Balaban J connectivity index is 2.41. The molecule has 3 N–H and O–H groups in total. The Hall–Kier alpha value is -0.570. The lowest BCUT2D eigenvalue weighted by Crippen LogP contribution is -2.44. The van der Waals surface area contributed by atoms with Crippen molar-refractivity contribution < 1.29 is 4.79 Å². The van der Waals surface area contributed by atoms with Crippen LogP contribution in [0.2, 0.25) is 0 Å². The molecule has 1 aliphatic carbocycles. The molecule has 0 aromatic rings. The molecule has 1 saturated carbocycles. The number of nitrogens with two attached hydrogens (primary N) is 1. The topological polar surface area (TPSA) is 55.1 Å². The predicted octanol–water partition coefficient (Wildman–Crippen LogP) is 2.44. The molecule has 0 aromatic carbocycles. The Bertz CT molecular complexity index is 232. The van der Waals surface area contributed by atoms with E-state index in [0.717, 1.165) is 0 Å². The molecule has 0 spiro atoms. The van der Waals surface area contributed by atoms with E-state index in [0.29, 0.717) is 12.0 Å². The van der Waals surface area contributed by atoms with Crippen LogP contribution in [0.3, 0.4) is 0 Å². The molecular formula is C14H28N2O. The van der Waals surface area contributed by atoms with Crippen molar-refractivity contribution in [1.29, 1.82) is 0 Å². The van der Waals surface area contributed by atoms with E-state index in [4.69, 9.17) is 5.73 Å². The third-order valence-electron chi connectivity index (χ3n) is 4.18. The summed E-state index contributed by atoms with van der Waals surface area (Å²) in [6.45, 7) is 5.93. The first-order valence-electron chi connectivity index (χ1n) is 7.08. The van der Waals surface area contributed by atoms with Gasteiger partial charge in [-0.1, -0.05) is 32.6 Å². The van der Waals surface area contributed by atoms with Crippen LogP contribution in [0, 0.1) is 11.8 Å². The fourth-order valence-electron chi connectivity index (χ4n) is 2.52. The predicted molar refractivity (Wildman–Crippen MR) is 71.6 cm³/mol. The molecule has 0 heterocycles. The molecule has 17 heavy (non-hydrogen) atoms. The van der Waals surface area contributed by atoms with E-state index in [-0.39, 0.29) is 17.9 Å². The van der Waals surface area contributed by atoms with E-state index in [1.807, 2.05) is 13.8 Å². The van der Waals surface area contributed by atoms with Crippen LogP contribution in [0.4, 0.5) is 0 Å². The van der Waals surface area contributed by atoms with Crippen LogP contribution in [0.1, 0.15) is 59.3 Å². The van der Waals surface area contributed by atoms with Crippen molar-refractivity contribution in [3.05, 3.63) is 0 Å². The lowest BCUT2D eigenvalue weighted by Gasteiger charge is -2.26. The number of carbonyl (C=O) groups excluding carboxylic acids is 1. The van der Waals surface area contributed by atoms with Gasteiger partial charge >= 0.3 is 0 Å². The van der Waals surface area contributed by atoms with Crippen LogP contribution < -0.4 is 11.1 Å². The molecule has 1 amide bonds. The Morgan fingerprint density at radius 3 is 2.12 bits per heavy atom. The van der Waals surface area contributed by atoms with Gasteiger partial charge in [0.1, 0.15) is 0 Å². The number of hydrogen-bond donors (Lipinski definition) is 2. The largest absolute Gasteiger partial charge is 0.353 e. The van der Waals surface area contributed by atoms with E-state index in [1.165, 1.54) is 38.5 Å². The molecule has 0 radical (unpaired) electrons. The molecule has 0 aromatic heterocycles. The van der Waals surface area contributed by atoms with Gasteiger partial charge in [-0.05, 0) is 32.6 Å². The van der Waals surface area contributed by atoms with Crippen LogP contribution in [-0.2, 0) is 4.79 Å². The van der Waals surface area contributed by atoms with Crippen LogP contribution in [0.25, 0.3) is 0 Å². The first kappa shape index (κ1) is 14.5. The van der Waals surface area contributed by atoms with Gasteiger partial charge in [0.2, 0.25) is 5.91 Å². The molecule has 1 aliphatic rings. The fraction of sp³-hybridized carbons (Fsp3) is 0.929. The smallest absolute Gasteiger partial charge is 0.224 e. The summed E-state index contributed by atoms with van der Waals surface area (Å²) in [5, 5.41) is 3.14. The molecule has 0 aliphatic heterocycles. The van der Waals surface area contributed by atoms with Crippen molar-refractivity contribution in [2.75, 3.05) is 0 Å². The van der Waals surface area contributed by atoms with Crippen molar-refractivity contribution in [1.82, 2.24) is 5.32 Å². The van der Waals surface area contributed by atoms with Gasteiger partial charge < -0.3 is 11.1 Å². The van der Waals surface area contributed by atoms with Crippen molar-refractivity contribution in [3.8, 4) is 0 Å². The highest BCUT2D eigenvalue weighted by Crippen LogP contribution is 2.25. The molecule has 3 heteroatoms. The zero-order valence-corrected chi connectivity index (χ0v) is 11.5. The summed E-state index contributed by atoms with van der Waals surface area (Å²) < 4.78 is 0. The zero-order valence-electron chi connectivity index (χ0n) is 11.5. The molecule has 1 fully saturated rings. The summed E-state index contributed by atoms with van der Waals surface area (Å²) in [6.07, 6.45) is 7.85. The fourth-order valence-corrected chi connectivity index (χ4v) is 2.52. The summed E-state index contributed by atoms with van der Waals surface area (Å²) >= 11 is 0. The van der Waals surface area contributed by atoms with Crippen molar-refractivity contribution in [2.45, 2.75) is 71.4 Å². The summed E-state index contributed by atoms with van der Waals surface area (Å²) in [4.78, 5) is 11.9. The summed E-state index contributed by atoms with van der Waals surface area (Å²) in [5.74, 6) is 0.668. The molecule has 3 atom stereocenters. The van der Waals surface area contributed by atoms with Gasteiger partial charge in [-0.25, -0.2) is 0 Å². The Morgan fingerprint density at radius 2 is 1.65 bits per heavy atom. The molecule has 100 valence electrons. The number of nitrogens with one attached hydrogen (secondary N) is 1. The van der Waals surface area contributed by atoms with Gasteiger partial charge in [0.25, 0.3) is 0 Å². The molecule has 1 rings (SSSR count). The maximum Gasteiger partial charge on any atom is 0.224 e. The number of carbonyl (C=O) groups is 1. The second-order valence-electron chi connectivity index (χ2n) is 5.70. The van der Waals surface area contributed by atoms with Crippen LogP contribution in [0.15, 0.2) is 0 Å². The highest BCUT2D eigenvalue weighted by Gasteiger charge is 2.23. The first-order chi connectivity index (χ1) is 8.02. The molecular weight excluding hydrogens is 212 g/mol. The molecule has 0 saturated heterocycles. The normalized spacial score (nSPS) is 23.5. The van der Waals surface area contributed by atoms with Gasteiger partial charge in [-0.2, -0.15) is 0 Å². The second kappa shape index (κ2) is 7.00. The Labute approximate surface area is 106 Å². The van der Waals surface area contributed by atoms with E-state index in [9.17, 15) is 4.79 Å². The monoisotopic (exact) mass is 240 g/mol. The van der Waals surface area contributed by atoms with Gasteiger partial charge in [0.05, 0.1) is 0 Å². The van der Waals surface area contributed by atoms with Gasteiger partial charge in [0.15, 0.2) is 0 Å². The minimum atomic E-state index is -0.0942. The maximum atomic E-state index is 11.9. The minimum absolute atomic E-state index is 0.0728. The third kappa shape index (κ3) is 4.66. The number of rotatable bonds is 4. The molecule has 3 nitrogen and oxygen atoms in total. The third-order valence-corrected chi connectivity index (χ3v) is 4.18. The standard InChI is InChI=1S/C14H28N2O/c1-10(11(2)15)14(17)16-12(3)13-8-6-4-5-7-9-13/h10-13H,4-9,15H2,1-3H3,(H,16,17)/t10?,11?,12-/m1/s1. The minimum Gasteiger partial charge on any atom is -0.353 e. The van der Waals surface area contributed by atoms with E-state index >= 15 is 0 Å². The van der Waals surface area contributed by atoms with Crippen molar-refractivity contribution >= 4 is 5.91 Å².